The maximum absolute atomic E-state index is 11.4. The summed E-state index contributed by atoms with van der Waals surface area (Å²) in [6.45, 7) is 9.94. The molecular formula is C17H27N3O4Si. The van der Waals surface area contributed by atoms with Gasteiger partial charge in [-0.1, -0.05) is 19.6 Å². The van der Waals surface area contributed by atoms with E-state index < -0.39 is 14.0 Å². The van der Waals surface area contributed by atoms with Crippen molar-refractivity contribution >= 4 is 30.8 Å². The molecular weight excluding hydrogens is 338 g/mol. The second kappa shape index (κ2) is 8.35. The minimum absolute atomic E-state index is 0.218. The molecule has 0 aromatic carbocycles. The number of carbonyl (C=O) groups excluding carboxylic acids is 1. The van der Waals surface area contributed by atoms with Gasteiger partial charge in [-0.25, -0.2) is 4.79 Å². The number of esters is 1. The van der Waals surface area contributed by atoms with Crippen LogP contribution >= 0.6 is 0 Å². The van der Waals surface area contributed by atoms with Gasteiger partial charge in [0, 0.05) is 26.3 Å². The Balaban J connectivity index is 2.04. The summed E-state index contributed by atoms with van der Waals surface area (Å²) in [6, 6.07) is 4.82. The summed E-state index contributed by atoms with van der Waals surface area (Å²) in [6.07, 6.45) is 1.90. The highest BCUT2D eigenvalue weighted by molar-refractivity contribution is 6.76. The number of nitrogens with two attached hydrogens (primary N) is 1. The third-order valence-electron chi connectivity index (χ3n) is 3.59. The molecule has 0 aliphatic heterocycles. The Bertz CT molecular complexity index is 724. The first-order chi connectivity index (χ1) is 11.8. The van der Waals surface area contributed by atoms with Crippen molar-refractivity contribution < 1.29 is 19.0 Å². The minimum atomic E-state index is -1.11. The SMILES string of the molecule is CCOC(=O)COc1nc2c(ccn2COCC[Si](C)(C)C)cc1N. The molecule has 7 nitrogen and oxygen atoms in total. The van der Waals surface area contributed by atoms with Crippen LogP contribution in [0.2, 0.25) is 25.7 Å². The highest BCUT2D eigenvalue weighted by atomic mass is 28.3. The predicted octanol–water partition coefficient (Wildman–Crippen LogP) is 2.87. The smallest absolute Gasteiger partial charge is 0.344 e. The third kappa shape index (κ3) is 5.75. The van der Waals surface area contributed by atoms with Crippen molar-refractivity contribution in [2.24, 2.45) is 0 Å². The van der Waals surface area contributed by atoms with E-state index in [2.05, 4.69) is 24.6 Å². The normalized spacial score (nSPS) is 11.7. The lowest BCUT2D eigenvalue weighted by molar-refractivity contribution is -0.145. The number of fused-ring (bicyclic) bond motifs is 1. The van der Waals surface area contributed by atoms with Crippen molar-refractivity contribution in [3.63, 3.8) is 0 Å². The van der Waals surface area contributed by atoms with Crippen LogP contribution in [0.25, 0.3) is 11.0 Å². The molecule has 2 aromatic heterocycles. The van der Waals surface area contributed by atoms with Gasteiger partial charge in [-0.05, 0) is 25.1 Å². The lowest BCUT2D eigenvalue weighted by Gasteiger charge is -2.15. The molecule has 2 heterocycles. The summed E-state index contributed by atoms with van der Waals surface area (Å²) in [7, 11) is -1.11. The molecule has 0 atom stereocenters. The highest BCUT2D eigenvalue weighted by Gasteiger charge is 2.14. The van der Waals surface area contributed by atoms with Gasteiger partial charge in [-0.2, -0.15) is 4.98 Å². The Morgan fingerprint density at radius 2 is 2.12 bits per heavy atom. The Kier molecular flexibility index (Phi) is 6.43. The van der Waals surface area contributed by atoms with Crippen LogP contribution < -0.4 is 10.5 Å². The van der Waals surface area contributed by atoms with E-state index in [1.807, 2.05) is 16.8 Å². The van der Waals surface area contributed by atoms with Gasteiger partial charge in [0.2, 0.25) is 5.88 Å². The van der Waals surface area contributed by atoms with Crippen LogP contribution in [0, 0.1) is 0 Å². The van der Waals surface area contributed by atoms with E-state index in [0.29, 0.717) is 24.7 Å². The zero-order chi connectivity index (χ0) is 18.4. The Hall–Kier alpha value is -2.06. The monoisotopic (exact) mass is 365 g/mol. The van der Waals surface area contributed by atoms with E-state index in [1.54, 1.807) is 13.0 Å². The molecule has 0 aliphatic rings. The summed E-state index contributed by atoms with van der Waals surface area (Å²) in [4.78, 5) is 15.9. The topological polar surface area (TPSA) is 88.6 Å². The maximum Gasteiger partial charge on any atom is 0.344 e. The van der Waals surface area contributed by atoms with Crippen LogP contribution in [0.3, 0.4) is 0 Å². The van der Waals surface area contributed by atoms with Crippen molar-refractivity contribution in [3.8, 4) is 5.88 Å². The van der Waals surface area contributed by atoms with Crippen LogP contribution in [0.4, 0.5) is 5.69 Å². The molecule has 2 N–H and O–H groups in total. The quantitative estimate of drug-likeness (QED) is 0.417. The number of nitrogens with zero attached hydrogens (tertiary/aromatic N) is 2. The molecule has 8 heteroatoms. The molecule has 0 amide bonds. The summed E-state index contributed by atoms with van der Waals surface area (Å²) in [5.41, 5.74) is 7.04. The number of hydrogen-bond acceptors (Lipinski definition) is 6. The van der Waals surface area contributed by atoms with Gasteiger partial charge < -0.3 is 24.5 Å². The first kappa shape index (κ1) is 19.3. The Labute approximate surface area is 149 Å². The zero-order valence-corrected chi connectivity index (χ0v) is 16.4. The molecule has 0 saturated carbocycles. The van der Waals surface area contributed by atoms with Crippen molar-refractivity contribution in [1.82, 2.24) is 9.55 Å². The van der Waals surface area contributed by atoms with Gasteiger partial charge in [0.25, 0.3) is 0 Å². The van der Waals surface area contributed by atoms with Gasteiger partial charge in [0.15, 0.2) is 6.61 Å². The fraction of sp³-hybridized carbons (Fsp3) is 0.529. The van der Waals surface area contributed by atoms with Gasteiger partial charge in [0.05, 0.1) is 12.3 Å². The van der Waals surface area contributed by atoms with Crippen molar-refractivity contribution in [3.05, 3.63) is 18.3 Å². The van der Waals surface area contributed by atoms with Crippen molar-refractivity contribution in [2.75, 3.05) is 25.6 Å². The average Bonchev–Trinajstić information content (AvgIpc) is 2.90. The number of rotatable bonds is 9. The molecule has 0 radical (unpaired) electrons. The number of ether oxygens (including phenoxy) is 3. The number of hydrogen-bond donors (Lipinski definition) is 1. The fourth-order valence-electron chi connectivity index (χ4n) is 2.20. The summed E-state index contributed by atoms with van der Waals surface area (Å²) >= 11 is 0. The van der Waals surface area contributed by atoms with E-state index in [0.717, 1.165) is 18.0 Å². The highest BCUT2D eigenvalue weighted by Crippen LogP contribution is 2.25. The number of pyridine rings is 1. The van der Waals surface area contributed by atoms with E-state index in [4.69, 9.17) is 19.9 Å². The Morgan fingerprint density at radius 1 is 1.36 bits per heavy atom. The minimum Gasteiger partial charge on any atom is -0.464 e. The number of aromatic nitrogens is 2. The molecule has 25 heavy (non-hydrogen) atoms. The van der Waals surface area contributed by atoms with Crippen molar-refractivity contribution in [2.45, 2.75) is 39.3 Å². The number of nitrogen functional groups attached to an aromatic ring is 1. The van der Waals surface area contributed by atoms with Gasteiger partial charge in [0.1, 0.15) is 12.4 Å². The molecule has 0 aliphatic carbocycles. The standard InChI is InChI=1S/C17H27N3O4Si/c1-5-23-15(21)11-24-17-14(18)10-13-6-7-20(16(13)19-17)12-22-8-9-25(2,3)4/h6-7,10H,5,8-9,11-12,18H2,1-4H3. The molecule has 138 valence electrons. The first-order valence-corrected chi connectivity index (χ1v) is 12.1. The van der Waals surface area contributed by atoms with Gasteiger partial charge in [-0.15, -0.1) is 0 Å². The van der Waals surface area contributed by atoms with Gasteiger partial charge in [-0.3, -0.25) is 0 Å². The van der Waals surface area contributed by atoms with Crippen LogP contribution in [0.15, 0.2) is 18.3 Å². The molecule has 0 bridgehead atoms. The van der Waals surface area contributed by atoms with E-state index in [1.165, 1.54) is 0 Å². The molecule has 2 rings (SSSR count). The summed E-state index contributed by atoms with van der Waals surface area (Å²) in [5, 5.41) is 0.898. The first-order valence-electron chi connectivity index (χ1n) is 8.41. The molecule has 0 fully saturated rings. The summed E-state index contributed by atoms with van der Waals surface area (Å²) in [5.74, 6) is -0.225. The summed E-state index contributed by atoms with van der Waals surface area (Å²) < 4.78 is 17.9. The van der Waals surface area contributed by atoms with Crippen LogP contribution in [0.5, 0.6) is 5.88 Å². The maximum atomic E-state index is 11.4. The van der Waals surface area contributed by atoms with Crippen LogP contribution in [-0.4, -0.2) is 43.4 Å². The number of carbonyl (C=O) groups is 1. The number of anilines is 1. The second-order valence-corrected chi connectivity index (χ2v) is 12.6. The van der Waals surface area contributed by atoms with Crippen LogP contribution in [0.1, 0.15) is 6.92 Å². The van der Waals surface area contributed by atoms with E-state index in [9.17, 15) is 4.79 Å². The van der Waals surface area contributed by atoms with E-state index >= 15 is 0 Å². The Morgan fingerprint density at radius 3 is 2.80 bits per heavy atom. The van der Waals surface area contributed by atoms with Crippen molar-refractivity contribution in [1.29, 1.82) is 0 Å². The predicted molar refractivity (Wildman–Crippen MR) is 100 cm³/mol. The van der Waals surface area contributed by atoms with E-state index in [-0.39, 0.29) is 12.5 Å². The zero-order valence-electron chi connectivity index (χ0n) is 15.4. The fourth-order valence-corrected chi connectivity index (χ4v) is 2.96. The lowest BCUT2D eigenvalue weighted by Crippen LogP contribution is -2.22. The largest absolute Gasteiger partial charge is 0.464 e. The molecule has 0 saturated heterocycles. The molecule has 0 spiro atoms. The van der Waals surface area contributed by atoms with Gasteiger partial charge >= 0.3 is 5.97 Å². The van der Waals surface area contributed by atoms with Crippen LogP contribution in [-0.2, 0) is 21.0 Å². The lowest BCUT2D eigenvalue weighted by atomic mass is 10.3. The molecule has 0 unspecified atom stereocenters. The second-order valence-electron chi connectivity index (χ2n) is 7.02. The molecule has 2 aromatic rings. The third-order valence-corrected chi connectivity index (χ3v) is 5.29. The average molecular weight is 366 g/mol.